The molecule has 1 aromatic carbocycles. The third kappa shape index (κ3) is 1.98. The fraction of sp³-hybridized carbons (Fsp3) is 0.600. The van der Waals surface area contributed by atoms with E-state index in [4.69, 9.17) is 5.73 Å². The van der Waals surface area contributed by atoms with E-state index in [0.29, 0.717) is 0 Å². The van der Waals surface area contributed by atoms with E-state index in [9.17, 15) is 0 Å². The van der Waals surface area contributed by atoms with Gasteiger partial charge < -0.3 is 5.73 Å². The van der Waals surface area contributed by atoms with Crippen LogP contribution >= 0.6 is 35.3 Å². The first-order valence-corrected chi connectivity index (χ1v) is 9.87. The molecule has 1 spiro atoms. The van der Waals surface area contributed by atoms with Crippen LogP contribution in [0.5, 0.6) is 0 Å². The highest BCUT2D eigenvalue weighted by Crippen LogP contribution is 2.65. The Bertz CT molecular complexity index is 476. The standard InChI is InChI=1S/C15H19NS3/c16-14-9-17-11-6-2-1-5-10(11)15(14)18-12-7-3-4-8-13(12)19-15/h1-2,5-6,12-14H,3-4,7-9,16H2. The normalized spacial score (nSPS) is 41.0. The molecule has 1 aliphatic carbocycles. The molecule has 3 atom stereocenters. The van der Waals surface area contributed by atoms with Crippen LogP contribution in [0.3, 0.4) is 0 Å². The predicted octanol–water partition coefficient (Wildman–Crippen LogP) is 4.06. The third-order valence-electron chi connectivity index (χ3n) is 4.46. The van der Waals surface area contributed by atoms with Crippen LogP contribution in [0.15, 0.2) is 29.2 Å². The minimum absolute atomic E-state index is 0.140. The molecular weight excluding hydrogens is 290 g/mol. The van der Waals surface area contributed by atoms with Gasteiger partial charge in [0, 0.05) is 27.2 Å². The molecule has 0 aromatic heterocycles. The van der Waals surface area contributed by atoms with E-state index in [1.54, 1.807) is 0 Å². The van der Waals surface area contributed by atoms with Gasteiger partial charge in [-0.15, -0.1) is 35.3 Å². The molecule has 3 aliphatic rings. The molecular formula is C15H19NS3. The third-order valence-corrected chi connectivity index (χ3v) is 9.89. The predicted molar refractivity (Wildman–Crippen MR) is 88.0 cm³/mol. The maximum Gasteiger partial charge on any atom is 0.104 e. The van der Waals surface area contributed by atoms with E-state index in [1.807, 2.05) is 11.8 Å². The van der Waals surface area contributed by atoms with Gasteiger partial charge in [-0.1, -0.05) is 31.0 Å². The SMILES string of the molecule is NC1CSc2ccccc2C12SC1CCCCC1S2. The first-order chi connectivity index (χ1) is 9.29. The maximum absolute atomic E-state index is 6.58. The van der Waals surface area contributed by atoms with Crippen molar-refractivity contribution in [3.05, 3.63) is 29.8 Å². The van der Waals surface area contributed by atoms with Crippen molar-refractivity contribution in [1.29, 1.82) is 0 Å². The number of fused-ring (bicyclic) bond motifs is 3. The van der Waals surface area contributed by atoms with Crippen molar-refractivity contribution in [3.63, 3.8) is 0 Å². The highest BCUT2D eigenvalue weighted by atomic mass is 32.2. The molecule has 2 heterocycles. The average Bonchev–Trinajstić information content (AvgIpc) is 2.84. The maximum atomic E-state index is 6.58. The van der Waals surface area contributed by atoms with Crippen molar-refractivity contribution in [2.45, 2.75) is 51.2 Å². The summed E-state index contributed by atoms with van der Waals surface area (Å²) >= 11 is 6.33. The van der Waals surface area contributed by atoms with Crippen molar-refractivity contribution < 1.29 is 0 Å². The molecule has 19 heavy (non-hydrogen) atoms. The zero-order valence-corrected chi connectivity index (χ0v) is 13.3. The van der Waals surface area contributed by atoms with Crippen LogP contribution in [0, 0.1) is 0 Å². The summed E-state index contributed by atoms with van der Waals surface area (Å²) in [5.74, 6) is 1.07. The summed E-state index contributed by atoms with van der Waals surface area (Å²) in [6.07, 6.45) is 5.62. The van der Waals surface area contributed by atoms with Crippen molar-refractivity contribution >= 4 is 35.3 Å². The van der Waals surface area contributed by atoms with Crippen molar-refractivity contribution in [1.82, 2.24) is 0 Å². The molecule has 102 valence electrons. The highest BCUT2D eigenvalue weighted by Gasteiger charge is 2.53. The number of hydrogen-bond acceptors (Lipinski definition) is 4. The van der Waals surface area contributed by atoms with Gasteiger partial charge in [0.1, 0.15) is 4.08 Å². The van der Waals surface area contributed by atoms with Crippen LogP contribution in [0.1, 0.15) is 31.2 Å². The monoisotopic (exact) mass is 309 g/mol. The second-order valence-electron chi connectivity index (χ2n) is 5.68. The van der Waals surface area contributed by atoms with Crippen LogP contribution in [0.4, 0.5) is 0 Å². The Morgan fingerprint density at radius 2 is 1.74 bits per heavy atom. The van der Waals surface area contributed by atoms with Crippen molar-refractivity contribution in [2.24, 2.45) is 5.73 Å². The Kier molecular flexibility index (Phi) is 3.34. The Morgan fingerprint density at radius 1 is 1.05 bits per heavy atom. The molecule has 2 fully saturated rings. The lowest BCUT2D eigenvalue weighted by Crippen LogP contribution is -2.44. The summed E-state index contributed by atoms with van der Waals surface area (Å²) < 4.78 is 0.140. The highest BCUT2D eigenvalue weighted by molar-refractivity contribution is 8.21. The zero-order valence-electron chi connectivity index (χ0n) is 10.9. The lowest BCUT2D eigenvalue weighted by Gasteiger charge is -2.39. The van der Waals surface area contributed by atoms with Gasteiger partial charge in [-0.05, 0) is 24.5 Å². The van der Waals surface area contributed by atoms with Crippen LogP contribution in [-0.4, -0.2) is 22.3 Å². The molecule has 4 rings (SSSR count). The Morgan fingerprint density at radius 3 is 2.47 bits per heavy atom. The van der Waals surface area contributed by atoms with Gasteiger partial charge in [0.15, 0.2) is 0 Å². The minimum Gasteiger partial charge on any atom is -0.325 e. The lowest BCUT2D eigenvalue weighted by atomic mass is 10.00. The van der Waals surface area contributed by atoms with Gasteiger partial charge in [-0.3, -0.25) is 0 Å². The number of thioether (sulfide) groups is 3. The molecule has 0 radical (unpaired) electrons. The molecule has 2 aliphatic heterocycles. The molecule has 3 unspecified atom stereocenters. The molecule has 0 amide bonds. The number of rotatable bonds is 0. The quantitative estimate of drug-likeness (QED) is 0.781. The largest absolute Gasteiger partial charge is 0.325 e. The number of nitrogens with two attached hydrogens (primary N) is 1. The number of benzene rings is 1. The van der Waals surface area contributed by atoms with Gasteiger partial charge in [-0.2, -0.15) is 0 Å². The lowest BCUT2D eigenvalue weighted by molar-refractivity contribution is 0.532. The Labute approximate surface area is 127 Å². The summed E-state index contributed by atoms with van der Waals surface area (Å²) in [6, 6.07) is 9.22. The molecule has 2 N–H and O–H groups in total. The minimum atomic E-state index is 0.140. The smallest absolute Gasteiger partial charge is 0.104 e. The second-order valence-corrected chi connectivity index (χ2v) is 9.97. The van der Waals surface area contributed by atoms with Crippen molar-refractivity contribution in [3.8, 4) is 0 Å². The second kappa shape index (κ2) is 4.90. The number of hydrogen-bond donors (Lipinski definition) is 1. The summed E-state index contributed by atoms with van der Waals surface area (Å²) in [5, 5.41) is 1.67. The van der Waals surface area contributed by atoms with Crippen LogP contribution in [0.25, 0.3) is 0 Å². The topological polar surface area (TPSA) is 26.0 Å². The summed E-state index contributed by atoms with van der Waals surface area (Å²) in [4.78, 5) is 1.46. The summed E-state index contributed by atoms with van der Waals surface area (Å²) in [7, 11) is 0. The van der Waals surface area contributed by atoms with E-state index in [1.165, 1.54) is 36.1 Å². The first kappa shape index (κ1) is 12.9. The summed E-state index contributed by atoms with van der Waals surface area (Å²) in [6.45, 7) is 0. The average molecular weight is 310 g/mol. The van der Waals surface area contributed by atoms with E-state index in [-0.39, 0.29) is 10.1 Å². The van der Waals surface area contributed by atoms with Crippen LogP contribution < -0.4 is 5.73 Å². The molecule has 1 aromatic rings. The summed E-state index contributed by atoms with van der Waals surface area (Å²) in [5.41, 5.74) is 8.08. The van der Waals surface area contributed by atoms with Gasteiger partial charge in [0.25, 0.3) is 0 Å². The van der Waals surface area contributed by atoms with Crippen LogP contribution in [-0.2, 0) is 4.08 Å². The fourth-order valence-electron chi connectivity index (χ4n) is 3.48. The Balaban J connectivity index is 1.77. The molecule has 1 saturated carbocycles. The molecule has 1 saturated heterocycles. The van der Waals surface area contributed by atoms with E-state index in [2.05, 4.69) is 47.8 Å². The van der Waals surface area contributed by atoms with E-state index >= 15 is 0 Å². The molecule has 1 nitrogen and oxygen atoms in total. The van der Waals surface area contributed by atoms with E-state index < -0.39 is 0 Å². The molecule has 4 heteroatoms. The van der Waals surface area contributed by atoms with Gasteiger partial charge >= 0.3 is 0 Å². The fourth-order valence-corrected chi connectivity index (χ4v) is 9.46. The van der Waals surface area contributed by atoms with E-state index in [0.717, 1.165) is 16.3 Å². The van der Waals surface area contributed by atoms with Gasteiger partial charge in [0.05, 0.1) is 0 Å². The van der Waals surface area contributed by atoms with Crippen molar-refractivity contribution in [2.75, 3.05) is 5.75 Å². The van der Waals surface area contributed by atoms with Gasteiger partial charge in [0.2, 0.25) is 0 Å². The van der Waals surface area contributed by atoms with Crippen LogP contribution in [0.2, 0.25) is 0 Å². The van der Waals surface area contributed by atoms with Gasteiger partial charge in [-0.25, -0.2) is 0 Å². The first-order valence-electron chi connectivity index (χ1n) is 7.13. The zero-order chi connectivity index (χ0) is 12.9. The molecule has 0 bridgehead atoms. The Hall–Kier alpha value is 0.230.